The molecule has 61 heavy (non-hydrogen) atoms. The molecule has 4 heterocycles. The van der Waals surface area contributed by atoms with E-state index >= 15 is 0 Å². The van der Waals surface area contributed by atoms with Gasteiger partial charge in [0.2, 0.25) is 0 Å². The fourth-order valence-electron chi connectivity index (χ4n) is 7.58. The maximum atomic E-state index is 14.6. The summed E-state index contributed by atoms with van der Waals surface area (Å²) < 4.78 is 87.6. The number of aryl methyl sites for hydroxylation is 3. The molecule has 0 aliphatic rings. The van der Waals surface area contributed by atoms with E-state index in [4.69, 9.17) is 11.8 Å². The van der Waals surface area contributed by atoms with E-state index in [0.717, 1.165) is 59.1 Å². The number of para-hydroxylation sites is 3. The molecular formula is C51H45F3GeIrN4S-2. The molecule has 0 aliphatic carbocycles. The first kappa shape index (κ1) is 37.8. The second-order valence-corrected chi connectivity index (χ2v) is 27.7. The molecule has 0 saturated heterocycles. The number of fused-ring (bicyclic) bond motifs is 4. The predicted octanol–water partition coefficient (Wildman–Crippen LogP) is 13.6. The third-order valence-corrected chi connectivity index (χ3v) is 15.6. The van der Waals surface area contributed by atoms with Crippen molar-refractivity contribution in [2.75, 3.05) is 0 Å². The van der Waals surface area contributed by atoms with E-state index in [9.17, 15) is 13.2 Å². The van der Waals surface area contributed by atoms with Crippen molar-refractivity contribution in [1.82, 2.24) is 19.5 Å². The largest absolute Gasteiger partial charge is 0 e. The summed E-state index contributed by atoms with van der Waals surface area (Å²) in [6, 6.07) is 36.5. The van der Waals surface area contributed by atoms with Gasteiger partial charge in [0.25, 0.3) is 0 Å². The van der Waals surface area contributed by atoms with E-state index in [-0.39, 0.29) is 42.8 Å². The van der Waals surface area contributed by atoms with Gasteiger partial charge in [-0.1, -0.05) is 41.3 Å². The van der Waals surface area contributed by atoms with E-state index < -0.39 is 43.9 Å². The van der Waals surface area contributed by atoms with Crippen LogP contribution in [-0.4, -0.2) is 32.8 Å². The Morgan fingerprint density at radius 3 is 2.23 bits per heavy atom. The van der Waals surface area contributed by atoms with E-state index in [1.807, 2.05) is 62.4 Å². The van der Waals surface area contributed by atoms with Gasteiger partial charge in [0.15, 0.2) is 0 Å². The Balaban J connectivity index is 0.000000211. The molecule has 0 N–H and O–H groups in total. The van der Waals surface area contributed by atoms with Crippen molar-refractivity contribution in [3.8, 4) is 39.5 Å². The Morgan fingerprint density at radius 2 is 1.56 bits per heavy atom. The van der Waals surface area contributed by atoms with E-state index in [1.165, 1.54) is 17.5 Å². The van der Waals surface area contributed by atoms with Crippen LogP contribution in [0.25, 0.3) is 70.8 Å². The Kier molecular flexibility index (Phi) is 11.0. The standard InChI is InChI=1S/C32H19F3N3S.C19H26GeN.Ir/c1-17-7-5-8-18(2)29(17)38-27-12-4-3-11-26(27)37-31(38)22-10-6-9-21-23-13-19(16-36-32(23)39-30(21)22)28-24(34)14-20(33)15-25(28)35;1-14(2)12-17-13-18(20(4,5)6)15(3)21-19(17)16-10-8-7-9-11-16;/h3-9,11-16H,1-2H3;7-10,13-14H,12H2,1-6H3;/q2*-1;/i;3D3,12D2;. The Labute approximate surface area is 382 Å². The van der Waals surface area contributed by atoms with Crippen LogP contribution in [0.4, 0.5) is 13.2 Å². The average molecular weight is 1070 g/mol. The summed E-state index contributed by atoms with van der Waals surface area (Å²) in [5.41, 5.74) is 7.48. The molecule has 4 aromatic heterocycles. The van der Waals surface area contributed by atoms with Crippen LogP contribution in [0.2, 0.25) is 17.3 Å². The van der Waals surface area contributed by atoms with E-state index in [0.29, 0.717) is 33.8 Å². The molecule has 0 atom stereocenters. The van der Waals surface area contributed by atoms with Crippen molar-refractivity contribution in [1.29, 1.82) is 0 Å². The summed E-state index contributed by atoms with van der Waals surface area (Å²) in [5, 5.41) is 1.63. The predicted molar refractivity (Wildman–Crippen MR) is 246 cm³/mol. The minimum atomic E-state index is -2.61. The number of hydrogen-bond donors (Lipinski definition) is 0. The zero-order valence-electron chi connectivity index (χ0n) is 39.6. The maximum absolute atomic E-state index is 14.6. The maximum Gasteiger partial charge on any atom is 0 e. The van der Waals surface area contributed by atoms with Crippen LogP contribution < -0.4 is 4.40 Å². The van der Waals surface area contributed by atoms with Crippen molar-refractivity contribution in [2.45, 2.75) is 58.2 Å². The fraction of sp³-hybridized carbons (Fsp3) is 0.196. The first-order valence-electron chi connectivity index (χ1n) is 22.1. The summed E-state index contributed by atoms with van der Waals surface area (Å²) in [6.07, 6.45) is -0.200. The molecule has 311 valence electrons. The van der Waals surface area contributed by atoms with Gasteiger partial charge in [-0.05, 0) is 47.9 Å². The second kappa shape index (κ2) is 17.8. The molecule has 0 bridgehead atoms. The summed E-state index contributed by atoms with van der Waals surface area (Å²) in [5.74, 6) is 3.90. The smallest absolute Gasteiger partial charge is 0 e. The molecule has 0 spiro atoms. The van der Waals surface area contributed by atoms with Crippen molar-refractivity contribution < 1.29 is 40.1 Å². The number of benzene rings is 5. The van der Waals surface area contributed by atoms with E-state index in [2.05, 4.69) is 76.0 Å². The van der Waals surface area contributed by atoms with Crippen LogP contribution in [0.5, 0.6) is 0 Å². The first-order valence-corrected chi connectivity index (χ1v) is 27.8. The first-order chi connectivity index (χ1) is 30.7. The van der Waals surface area contributed by atoms with Gasteiger partial charge in [0.05, 0.1) is 22.4 Å². The Morgan fingerprint density at radius 1 is 0.836 bits per heavy atom. The second-order valence-electron chi connectivity index (χ2n) is 16.1. The molecule has 5 aromatic carbocycles. The molecule has 0 fully saturated rings. The van der Waals surface area contributed by atoms with Crippen LogP contribution >= 0.6 is 11.3 Å². The summed E-state index contributed by atoms with van der Waals surface area (Å²) in [6.45, 7) is 5.50. The average Bonchev–Trinajstić information content (AvgIpc) is 3.81. The third-order valence-electron chi connectivity index (χ3n) is 10.3. The molecule has 1 radical (unpaired) electrons. The number of nitrogens with zero attached hydrogens (tertiary/aromatic N) is 4. The molecular weight excluding hydrogens is 1020 g/mol. The summed E-state index contributed by atoms with van der Waals surface area (Å²) in [7, 11) is 0. The number of hydrogen-bond acceptors (Lipinski definition) is 4. The molecule has 9 aromatic rings. The SMILES string of the molecule is Cc1cccc(C)c1-n1c(-c2[c-]ccc3c2sc2ncc(-c4c(F)cc(F)cc4F)cc23)nc2ccccc21.[2H]C([2H])([2H])c1nc(-c2[c-]cccc2)c(C([2H])([2H])C(C)C)c[c]1[Ge]([CH3])([CH3])[CH3].[Ir]. The normalized spacial score (nSPS) is 13.3. The van der Waals surface area contributed by atoms with Crippen molar-refractivity contribution >= 4 is 60.3 Å². The monoisotopic (exact) mass is 1070 g/mol. The van der Waals surface area contributed by atoms with Crippen molar-refractivity contribution in [3.05, 3.63) is 161 Å². The molecule has 9 rings (SSSR count). The molecule has 0 aliphatic heterocycles. The topological polar surface area (TPSA) is 43.6 Å². The molecule has 0 saturated carbocycles. The molecule has 10 heteroatoms. The fourth-order valence-corrected chi connectivity index (χ4v) is 11.5. The van der Waals surface area contributed by atoms with Gasteiger partial charge in [-0.2, -0.15) is 11.3 Å². The minimum absolute atomic E-state index is 0. The van der Waals surface area contributed by atoms with E-state index in [1.54, 1.807) is 24.3 Å². The molecule has 4 nitrogen and oxygen atoms in total. The minimum Gasteiger partial charge on any atom is 0 e. The molecule has 0 amide bonds. The molecule has 0 unspecified atom stereocenters. The quantitative estimate of drug-likeness (QED) is 0.118. The Hall–Kier alpha value is -4.93. The van der Waals surface area contributed by atoms with Gasteiger partial charge in [0, 0.05) is 55.1 Å². The number of halogens is 3. The zero-order valence-corrected chi connectivity index (χ0v) is 39.9. The van der Waals surface area contributed by atoms with Crippen LogP contribution in [0, 0.1) is 56.2 Å². The van der Waals surface area contributed by atoms with Crippen molar-refractivity contribution in [3.63, 3.8) is 0 Å². The van der Waals surface area contributed by atoms with Crippen LogP contribution in [0.3, 0.4) is 0 Å². The van der Waals surface area contributed by atoms with Gasteiger partial charge in [-0.3, -0.25) is 4.98 Å². The van der Waals surface area contributed by atoms with Gasteiger partial charge in [-0.25, -0.2) is 18.2 Å². The van der Waals surface area contributed by atoms with Gasteiger partial charge < -0.3 is 4.57 Å². The van der Waals surface area contributed by atoms with Gasteiger partial charge in [-0.15, -0.1) is 18.2 Å². The van der Waals surface area contributed by atoms with Crippen LogP contribution in [0.15, 0.2) is 109 Å². The Bertz CT molecular complexity index is 3230. The van der Waals surface area contributed by atoms with Crippen LogP contribution in [0.1, 0.15) is 43.1 Å². The number of imidazole rings is 1. The number of pyridine rings is 2. The summed E-state index contributed by atoms with van der Waals surface area (Å²) in [4.78, 5) is 14.8. The number of rotatable bonds is 7. The van der Waals surface area contributed by atoms with Gasteiger partial charge in [0.1, 0.15) is 22.3 Å². The van der Waals surface area contributed by atoms with Crippen molar-refractivity contribution in [2.24, 2.45) is 5.92 Å². The van der Waals surface area contributed by atoms with Gasteiger partial charge >= 0.3 is 139 Å². The summed E-state index contributed by atoms with van der Waals surface area (Å²) >= 11 is -1.13. The zero-order chi connectivity index (χ0) is 46.7. The number of thiophene rings is 1. The third kappa shape index (κ3) is 8.76. The van der Waals surface area contributed by atoms with Crippen LogP contribution in [-0.2, 0) is 26.5 Å². The number of aromatic nitrogens is 4.